The van der Waals surface area contributed by atoms with Crippen LogP contribution in [-0.4, -0.2) is 29.3 Å². The summed E-state index contributed by atoms with van der Waals surface area (Å²) in [5.41, 5.74) is 3.95. The number of rotatable bonds is 6. The van der Waals surface area contributed by atoms with E-state index in [-0.39, 0.29) is 30.3 Å². The van der Waals surface area contributed by atoms with E-state index in [0.29, 0.717) is 6.54 Å². The van der Waals surface area contributed by atoms with Gasteiger partial charge in [0.05, 0.1) is 5.92 Å². The van der Waals surface area contributed by atoms with Crippen LogP contribution in [0.2, 0.25) is 0 Å². The minimum Gasteiger partial charge on any atom is -0.334 e. The van der Waals surface area contributed by atoms with Crippen LogP contribution in [0.15, 0.2) is 84.9 Å². The Labute approximate surface area is 208 Å². The zero-order chi connectivity index (χ0) is 24.0. The first-order valence-corrected chi connectivity index (χ1v) is 13.0. The fourth-order valence-corrected chi connectivity index (χ4v) is 5.69. The van der Waals surface area contributed by atoms with Gasteiger partial charge in [0.2, 0.25) is 11.8 Å². The molecule has 0 N–H and O–H groups in total. The number of carbonyl (C=O) groups excluding carboxylic acids is 2. The molecular weight excluding hydrogens is 432 g/mol. The number of anilines is 1. The van der Waals surface area contributed by atoms with Gasteiger partial charge in [-0.1, -0.05) is 111 Å². The van der Waals surface area contributed by atoms with E-state index in [0.717, 1.165) is 48.1 Å². The zero-order valence-corrected chi connectivity index (χ0v) is 20.3. The molecule has 0 bridgehead atoms. The molecule has 1 fully saturated rings. The van der Waals surface area contributed by atoms with Crippen molar-refractivity contribution in [1.82, 2.24) is 4.90 Å². The molecule has 5 rings (SSSR count). The summed E-state index contributed by atoms with van der Waals surface area (Å²) in [6.07, 6.45) is 8.15. The van der Waals surface area contributed by atoms with E-state index in [9.17, 15) is 9.59 Å². The Morgan fingerprint density at radius 1 is 0.771 bits per heavy atom. The Kier molecular flexibility index (Phi) is 7.27. The molecule has 4 heteroatoms. The van der Waals surface area contributed by atoms with Crippen LogP contribution in [-0.2, 0) is 16.1 Å². The van der Waals surface area contributed by atoms with Gasteiger partial charge in [-0.25, -0.2) is 0 Å². The van der Waals surface area contributed by atoms with Crippen molar-refractivity contribution >= 4 is 17.5 Å². The van der Waals surface area contributed by atoms with Gasteiger partial charge in [0.1, 0.15) is 6.54 Å². The number of carbonyl (C=O) groups is 2. The lowest BCUT2D eigenvalue weighted by molar-refractivity contribution is -0.134. The topological polar surface area (TPSA) is 40.6 Å². The normalized spacial score (nSPS) is 18.6. The molecule has 1 unspecified atom stereocenters. The van der Waals surface area contributed by atoms with Crippen LogP contribution >= 0.6 is 0 Å². The molecule has 180 valence electrons. The molecule has 3 aromatic carbocycles. The largest absolute Gasteiger partial charge is 0.334 e. The van der Waals surface area contributed by atoms with Crippen molar-refractivity contribution in [3.63, 3.8) is 0 Å². The van der Waals surface area contributed by atoms with Crippen molar-refractivity contribution in [3.8, 4) is 0 Å². The van der Waals surface area contributed by atoms with Crippen molar-refractivity contribution in [3.05, 3.63) is 102 Å². The first kappa shape index (κ1) is 23.3. The standard InChI is InChI=1S/C31H34N2O2/c34-29(32(22-24-14-6-4-7-15-24)26-18-10-2-1-3-11-19-26)23-33-28-21-13-12-20-27(28)30(31(33)35)25-16-8-5-9-17-25/h4-9,12-17,20-21,26,30H,1-3,10-11,18-19,22-23H2. The number of benzene rings is 3. The zero-order valence-electron chi connectivity index (χ0n) is 20.3. The quantitative estimate of drug-likeness (QED) is 0.427. The van der Waals surface area contributed by atoms with E-state index in [1.54, 1.807) is 4.90 Å². The fraction of sp³-hybridized carbons (Fsp3) is 0.355. The van der Waals surface area contributed by atoms with Gasteiger partial charge in [0.15, 0.2) is 0 Å². The molecule has 0 aromatic heterocycles. The van der Waals surface area contributed by atoms with Gasteiger partial charge >= 0.3 is 0 Å². The third-order valence-electron chi connectivity index (χ3n) is 7.51. The van der Waals surface area contributed by atoms with E-state index in [1.807, 2.05) is 72.8 Å². The summed E-state index contributed by atoms with van der Waals surface area (Å²) < 4.78 is 0. The number of nitrogens with zero attached hydrogens (tertiary/aromatic N) is 2. The van der Waals surface area contributed by atoms with Crippen LogP contribution in [0.3, 0.4) is 0 Å². The number of hydrogen-bond acceptors (Lipinski definition) is 2. The van der Waals surface area contributed by atoms with Crippen molar-refractivity contribution in [1.29, 1.82) is 0 Å². The number of hydrogen-bond donors (Lipinski definition) is 0. The first-order chi connectivity index (χ1) is 17.2. The van der Waals surface area contributed by atoms with E-state index in [4.69, 9.17) is 0 Å². The number of para-hydroxylation sites is 1. The highest BCUT2D eigenvalue weighted by molar-refractivity contribution is 6.09. The minimum atomic E-state index is -0.357. The third-order valence-corrected chi connectivity index (χ3v) is 7.51. The summed E-state index contributed by atoms with van der Waals surface area (Å²) >= 11 is 0. The Bertz CT molecular complexity index is 1140. The van der Waals surface area contributed by atoms with Crippen LogP contribution in [0.4, 0.5) is 5.69 Å². The molecule has 3 aromatic rings. The minimum absolute atomic E-state index is 0.0110. The van der Waals surface area contributed by atoms with Gasteiger partial charge in [-0.15, -0.1) is 0 Å². The molecule has 1 heterocycles. The van der Waals surface area contributed by atoms with Crippen molar-refractivity contribution in [2.24, 2.45) is 0 Å². The van der Waals surface area contributed by atoms with Crippen LogP contribution in [0.25, 0.3) is 0 Å². The predicted octanol–water partition coefficient (Wildman–Crippen LogP) is 6.31. The van der Waals surface area contributed by atoms with Gasteiger partial charge in [-0.3, -0.25) is 9.59 Å². The van der Waals surface area contributed by atoms with Crippen LogP contribution < -0.4 is 4.90 Å². The molecule has 1 aliphatic heterocycles. The van der Waals surface area contributed by atoms with Gasteiger partial charge in [-0.05, 0) is 35.6 Å². The SMILES string of the molecule is O=C1C(c2ccccc2)c2ccccc2N1CC(=O)N(Cc1ccccc1)C1CCCCCCC1. The van der Waals surface area contributed by atoms with Gasteiger partial charge in [0, 0.05) is 18.3 Å². The molecule has 1 aliphatic carbocycles. The highest BCUT2D eigenvalue weighted by Gasteiger charge is 2.39. The summed E-state index contributed by atoms with van der Waals surface area (Å²) in [5, 5.41) is 0. The Morgan fingerprint density at radius 3 is 2.09 bits per heavy atom. The molecule has 4 nitrogen and oxygen atoms in total. The molecule has 1 saturated carbocycles. The number of amides is 2. The van der Waals surface area contributed by atoms with Crippen molar-refractivity contribution in [2.75, 3.05) is 11.4 Å². The first-order valence-electron chi connectivity index (χ1n) is 13.0. The molecule has 0 radical (unpaired) electrons. The average Bonchev–Trinajstić information content (AvgIpc) is 3.15. The van der Waals surface area contributed by atoms with E-state index < -0.39 is 0 Å². The maximum atomic E-state index is 13.9. The molecule has 0 spiro atoms. The lowest BCUT2D eigenvalue weighted by Crippen LogP contribution is -2.46. The third kappa shape index (κ3) is 5.17. The summed E-state index contributed by atoms with van der Waals surface area (Å²) in [7, 11) is 0. The highest BCUT2D eigenvalue weighted by Crippen LogP contribution is 2.41. The average molecular weight is 467 g/mol. The summed E-state index contributed by atoms with van der Waals surface area (Å²) in [6.45, 7) is 0.679. The van der Waals surface area contributed by atoms with Crippen LogP contribution in [0, 0.1) is 0 Å². The molecule has 2 amide bonds. The van der Waals surface area contributed by atoms with Crippen molar-refractivity contribution in [2.45, 2.75) is 63.5 Å². The monoisotopic (exact) mass is 466 g/mol. The Balaban J connectivity index is 1.42. The van der Waals surface area contributed by atoms with Gasteiger partial charge in [0.25, 0.3) is 0 Å². The highest BCUT2D eigenvalue weighted by atomic mass is 16.2. The number of fused-ring (bicyclic) bond motifs is 1. The second kappa shape index (κ2) is 10.9. The Hall–Kier alpha value is -3.40. The molecule has 2 aliphatic rings. The molecular formula is C31H34N2O2. The second-order valence-electron chi connectivity index (χ2n) is 9.83. The fourth-order valence-electron chi connectivity index (χ4n) is 5.69. The smallest absolute Gasteiger partial charge is 0.243 e. The summed E-state index contributed by atoms with van der Waals surface area (Å²) in [5.74, 6) is -0.330. The predicted molar refractivity (Wildman–Crippen MR) is 140 cm³/mol. The Morgan fingerprint density at radius 2 is 1.37 bits per heavy atom. The van der Waals surface area contributed by atoms with Crippen LogP contribution in [0.1, 0.15) is 67.6 Å². The van der Waals surface area contributed by atoms with E-state index in [1.165, 1.54) is 19.3 Å². The molecule has 1 atom stereocenters. The van der Waals surface area contributed by atoms with E-state index >= 15 is 0 Å². The van der Waals surface area contributed by atoms with Crippen molar-refractivity contribution < 1.29 is 9.59 Å². The van der Waals surface area contributed by atoms with E-state index in [2.05, 4.69) is 17.0 Å². The second-order valence-corrected chi connectivity index (χ2v) is 9.83. The van der Waals surface area contributed by atoms with Crippen LogP contribution in [0.5, 0.6) is 0 Å². The maximum Gasteiger partial charge on any atom is 0.243 e. The molecule has 0 saturated heterocycles. The summed E-state index contributed by atoms with van der Waals surface area (Å²) in [4.78, 5) is 31.4. The van der Waals surface area contributed by atoms with Gasteiger partial charge < -0.3 is 9.80 Å². The lowest BCUT2D eigenvalue weighted by Gasteiger charge is -2.34. The molecule has 35 heavy (non-hydrogen) atoms. The maximum absolute atomic E-state index is 13.9. The summed E-state index contributed by atoms with van der Waals surface area (Å²) in [6, 6.07) is 28.3. The lowest BCUT2D eigenvalue weighted by atomic mass is 9.93. The van der Waals surface area contributed by atoms with Gasteiger partial charge in [-0.2, -0.15) is 0 Å².